The fraction of sp³-hybridized carbons (Fsp3) is 0.214. The van der Waals surface area contributed by atoms with Gasteiger partial charge in [0.15, 0.2) is 0 Å². The third kappa shape index (κ3) is 4.25. The van der Waals surface area contributed by atoms with Gasteiger partial charge in [-0.3, -0.25) is 0 Å². The molecule has 0 aliphatic rings. The Morgan fingerprint density at radius 3 is 2.65 bits per heavy atom. The van der Waals surface area contributed by atoms with E-state index in [4.69, 9.17) is 0 Å². The molecular formula is C14H16O3. The third-order valence-corrected chi connectivity index (χ3v) is 2.32. The fourth-order valence-corrected chi connectivity index (χ4v) is 1.36. The molecule has 3 nitrogen and oxygen atoms in total. The molecule has 0 amide bonds. The summed E-state index contributed by atoms with van der Waals surface area (Å²) >= 11 is 0. The molecule has 0 saturated heterocycles. The highest BCUT2D eigenvalue weighted by Crippen LogP contribution is 2.17. The number of aliphatic hydroxyl groups is 1. The lowest BCUT2D eigenvalue weighted by Gasteiger charge is -2.08. The van der Waals surface area contributed by atoms with Gasteiger partial charge in [-0.15, -0.1) is 6.58 Å². The zero-order valence-corrected chi connectivity index (χ0v) is 9.80. The fourth-order valence-electron chi connectivity index (χ4n) is 1.36. The SMILES string of the molecule is C=CC[C@H](O)c1ccc(/C=C/C(=O)OC)cc1. The Bertz CT molecular complexity index is 404. The van der Waals surface area contributed by atoms with Gasteiger partial charge in [-0.2, -0.15) is 0 Å². The Balaban J connectivity index is 2.71. The molecule has 90 valence electrons. The van der Waals surface area contributed by atoms with Gasteiger partial charge in [-0.25, -0.2) is 4.79 Å². The average molecular weight is 232 g/mol. The maximum absolute atomic E-state index is 10.9. The van der Waals surface area contributed by atoms with Crippen LogP contribution < -0.4 is 0 Å². The van der Waals surface area contributed by atoms with Gasteiger partial charge in [0.05, 0.1) is 13.2 Å². The Morgan fingerprint density at radius 2 is 2.12 bits per heavy atom. The monoisotopic (exact) mass is 232 g/mol. The summed E-state index contributed by atoms with van der Waals surface area (Å²) in [6.07, 6.45) is 4.70. The van der Waals surface area contributed by atoms with Gasteiger partial charge in [-0.05, 0) is 23.6 Å². The largest absolute Gasteiger partial charge is 0.466 e. The second kappa shape index (κ2) is 6.66. The summed E-state index contributed by atoms with van der Waals surface area (Å²) in [7, 11) is 1.33. The number of rotatable bonds is 5. The van der Waals surface area contributed by atoms with Gasteiger partial charge in [0, 0.05) is 6.08 Å². The Hall–Kier alpha value is -1.87. The van der Waals surface area contributed by atoms with Crippen LogP contribution in [0.3, 0.4) is 0 Å². The van der Waals surface area contributed by atoms with Gasteiger partial charge in [0.2, 0.25) is 0 Å². The molecule has 1 aromatic carbocycles. The molecule has 0 radical (unpaired) electrons. The van der Waals surface area contributed by atoms with E-state index < -0.39 is 6.10 Å². The van der Waals surface area contributed by atoms with E-state index in [1.807, 2.05) is 24.3 Å². The number of carbonyl (C=O) groups excluding carboxylic acids is 1. The summed E-state index contributed by atoms with van der Waals surface area (Å²) in [4.78, 5) is 10.9. The summed E-state index contributed by atoms with van der Waals surface area (Å²) in [6, 6.07) is 7.32. The van der Waals surface area contributed by atoms with Gasteiger partial charge in [0.25, 0.3) is 0 Å². The lowest BCUT2D eigenvalue weighted by molar-refractivity contribution is -0.134. The standard InChI is InChI=1S/C14H16O3/c1-3-4-13(15)12-8-5-11(6-9-12)7-10-14(16)17-2/h3,5-10,13,15H,1,4H2,2H3/b10-7+/t13-/m0/s1. The van der Waals surface area contributed by atoms with Gasteiger partial charge < -0.3 is 9.84 Å². The van der Waals surface area contributed by atoms with Crippen molar-refractivity contribution in [1.29, 1.82) is 0 Å². The van der Waals surface area contributed by atoms with E-state index in [0.29, 0.717) is 6.42 Å². The second-order valence-corrected chi connectivity index (χ2v) is 3.56. The average Bonchev–Trinajstić information content (AvgIpc) is 2.36. The molecule has 1 atom stereocenters. The number of ether oxygens (including phenoxy) is 1. The van der Waals surface area contributed by atoms with E-state index in [1.54, 1.807) is 12.2 Å². The van der Waals surface area contributed by atoms with Crippen LogP contribution in [0.5, 0.6) is 0 Å². The molecule has 17 heavy (non-hydrogen) atoms. The Kier molecular flexibility index (Phi) is 5.17. The summed E-state index contributed by atoms with van der Waals surface area (Å²) in [5.74, 6) is -0.388. The van der Waals surface area contributed by atoms with Crippen molar-refractivity contribution in [3.63, 3.8) is 0 Å². The van der Waals surface area contributed by atoms with Crippen molar-refractivity contribution < 1.29 is 14.6 Å². The minimum atomic E-state index is -0.522. The summed E-state index contributed by atoms with van der Waals surface area (Å²) in [5.41, 5.74) is 1.71. The first kappa shape index (κ1) is 13.2. The van der Waals surface area contributed by atoms with Crippen molar-refractivity contribution in [1.82, 2.24) is 0 Å². The van der Waals surface area contributed by atoms with Crippen LogP contribution in [0.1, 0.15) is 23.7 Å². The highest BCUT2D eigenvalue weighted by atomic mass is 16.5. The van der Waals surface area contributed by atoms with Crippen LogP contribution in [0.2, 0.25) is 0 Å². The minimum absolute atomic E-state index is 0.388. The molecule has 0 aliphatic carbocycles. The molecule has 1 rings (SSSR count). The van der Waals surface area contributed by atoms with Crippen LogP contribution in [0.4, 0.5) is 0 Å². The van der Waals surface area contributed by atoms with Crippen molar-refractivity contribution in [3.8, 4) is 0 Å². The normalized spacial score (nSPS) is 12.4. The molecule has 1 aromatic rings. The molecule has 0 heterocycles. The highest BCUT2D eigenvalue weighted by Gasteiger charge is 2.04. The lowest BCUT2D eigenvalue weighted by atomic mass is 10.0. The number of hydrogen-bond acceptors (Lipinski definition) is 3. The van der Waals surface area contributed by atoms with Crippen LogP contribution in [0.15, 0.2) is 43.0 Å². The summed E-state index contributed by atoms with van der Waals surface area (Å²) in [6.45, 7) is 3.58. The van der Waals surface area contributed by atoms with Crippen molar-refractivity contribution in [2.75, 3.05) is 7.11 Å². The summed E-state index contributed by atoms with van der Waals surface area (Å²) in [5, 5.41) is 9.70. The predicted octanol–water partition coefficient (Wildman–Crippen LogP) is 2.48. The van der Waals surface area contributed by atoms with Crippen molar-refractivity contribution in [2.24, 2.45) is 0 Å². The quantitative estimate of drug-likeness (QED) is 0.482. The van der Waals surface area contributed by atoms with Crippen molar-refractivity contribution >= 4 is 12.0 Å². The first-order valence-corrected chi connectivity index (χ1v) is 5.32. The third-order valence-electron chi connectivity index (χ3n) is 2.32. The van der Waals surface area contributed by atoms with E-state index in [9.17, 15) is 9.90 Å². The van der Waals surface area contributed by atoms with E-state index >= 15 is 0 Å². The summed E-state index contributed by atoms with van der Waals surface area (Å²) < 4.78 is 4.49. The van der Waals surface area contributed by atoms with Gasteiger partial charge >= 0.3 is 5.97 Å². The molecule has 0 fully saturated rings. The topological polar surface area (TPSA) is 46.5 Å². The van der Waals surface area contributed by atoms with E-state index in [-0.39, 0.29) is 5.97 Å². The molecular weight excluding hydrogens is 216 g/mol. The van der Waals surface area contributed by atoms with Crippen LogP contribution in [-0.2, 0) is 9.53 Å². The first-order chi connectivity index (χ1) is 8.17. The molecule has 0 unspecified atom stereocenters. The van der Waals surface area contributed by atoms with Crippen LogP contribution in [-0.4, -0.2) is 18.2 Å². The molecule has 0 saturated carbocycles. The van der Waals surface area contributed by atoms with E-state index in [0.717, 1.165) is 11.1 Å². The van der Waals surface area contributed by atoms with Crippen LogP contribution in [0.25, 0.3) is 6.08 Å². The number of carbonyl (C=O) groups is 1. The predicted molar refractivity (Wildman–Crippen MR) is 67.3 cm³/mol. The second-order valence-electron chi connectivity index (χ2n) is 3.56. The van der Waals surface area contributed by atoms with E-state index in [2.05, 4.69) is 11.3 Å². The van der Waals surface area contributed by atoms with Gasteiger partial charge in [-0.1, -0.05) is 30.3 Å². The van der Waals surface area contributed by atoms with Crippen LogP contribution >= 0.6 is 0 Å². The highest BCUT2D eigenvalue weighted by molar-refractivity contribution is 5.86. The van der Waals surface area contributed by atoms with Crippen molar-refractivity contribution in [3.05, 3.63) is 54.1 Å². The first-order valence-electron chi connectivity index (χ1n) is 5.32. The molecule has 1 N–H and O–H groups in total. The van der Waals surface area contributed by atoms with Crippen LogP contribution in [0, 0.1) is 0 Å². The number of esters is 1. The number of hydrogen-bond donors (Lipinski definition) is 1. The minimum Gasteiger partial charge on any atom is -0.466 e. The zero-order chi connectivity index (χ0) is 12.7. The van der Waals surface area contributed by atoms with E-state index in [1.165, 1.54) is 13.2 Å². The molecule has 0 aliphatic heterocycles. The van der Waals surface area contributed by atoms with Gasteiger partial charge in [0.1, 0.15) is 0 Å². The Labute approximate surface area is 101 Å². The molecule has 0 spiro atoms. The maximum Gasteiger partial charge on any atom is 0.330 e. The van der Waals surface area contributed by atoms with Crippen molar-refractivity contribution in [2.45, 2.75) is 12.5 Å². The number of benzene rings is 1. The molecule has 0 aromatic heterocycles. The molecule has 0 bridgehead atoms. The zero-order valence-electron chi connectivity index (χ0n) is 9.80. The Morgan fingerprint density at radius 1 is 1.47 bits per heavy atom. The lowest BCUT2D eigenvalue weighted by Crippen LogP contribution is -1.95. The number of aliphatic hydroxyl groups excluding tert-OH is 1. The number of methoxy groups -OCH3 is 1. The smallest absolute Gasteiger partial charge is 0.330 e. The molecule has 3 heteroatoms. The maximum atomic E-state index is 10.9.